The zero-order chi connectivity index (χ0) is 19.0. The summed E-state index contributed by atoms with van der Waals surface area (Å²) in [6.45, 7) is 6.91. The Morgan fingerprint density at radius 2 is 1.93 bits per heavy atom. The van der Waals surface area contributed by atoms with Crippen LogP contribution in [0, 0.1) is 6.92 Å². The van der Waals surface area contributed by atoms with Crippen LogP contribution in [0.1, 0.15) is 36.1 Å². The molecule has 1 N–H and O–H groups in total. The Hall–Kier alpha value is -3.36. The molecule has 9 nitrogen and oxygen atoms in total. The number of rotatable bonds is 4. The van der Waals surface area contributed by atoms with Gasteiger partial charge in [0.15, 0.2) is 17.2 Å². The second-order valence-corrected chi connectivity index (χ2v) is 6.43. The van der Waals surface area contributed by atoms with Crippen molar-refractivity contribution >= 4 is 11.9 Å². The van der Waals surface area contributed by atoms with Gasteiger partial charge in [0.2, 0.25) is 5.89 Å². The van der Waals surface area contributed by atoms with E-state index >= 15 is 0 Å². The molecule has 140 valence electrons. The number of hydrogen-bond donors (Lipinski definition) is 1. The van der Waals surface area contributed by atoms with Gasteiger partial charge in [-0.2, -0.15) is 5.10 Å². The largest absolute Gasteiger partial charge is 0.486 e. The minimum atomic E-state index is -0.408. The number of hydrogen-bond acceptors (Lipinski definition) is 7. The van der Waals surface area contributed by atoms with Gasteiger partial charge < -0.3 is 13.9 Å². The summed E-state index contributed by atoms with van der Waals surface area (Å²) in [7, 11) is 0. The van der Waals surface area contributed by atoms with Crippen molar-refractivity contribution in [2.75, 3.05) is 18.5 Å². The van der Waals surface area contributed by atoms with E-state index in [9.17, 15) is 4.79 Å². The molecule has 3 aromatic rings. The van der Waals surface area contributed by atoms with Gasteiger partial charge in [-0.15, -0.1) is 5.10 Å². The molecule has 2 aromatic heterocycles. The van der Waals surface area contributed by atoms with E-state index in [-0.39, 0.29) is 17.9 Å². The van der Waals surface area contributed by atoms with Crippen LogP contribution >= 0.6 is 0 Å². The van der Waals surface area contributed by atoms with Crippen LogP contribution in [0.25, 0.3) is 11.5 Å². The molecule has 0 aliphatic carbocycles. The average Bonchev–Trinajstić information content (AvgIpc) is 3.28. The lowest BCUT2D eigenvalue weighted by Gasteiger charge is -2.18. The van der Waals surface area contributed by atoms with Gasteiger partial charge in [-0.25, -0.2) is 0 Å². The van der Waals surface area contributed by atoms with Crippen LogP contribution in [0.3, 0.4) is 0 Å². The highest BCUT2D eigenvalue weighted by atomic mass is 16.6. The standard InChI is InChI=1S/C18H19N5O4/c1-10(2)23-11(3)8-13(22-23)16(24)19-18-21-20-17(27-18)12-4-5-14-15(9-12)26-7-6-25-14/h4-5,8-10H,6-7H2,1-3H3,(H,19,21,24). The van der Waals surface area contributed by atoms with Crippen LogP contribution in [0.4, 0.5) is 6.01 Å². The van der Waals surface area contributed by atoms with Gasteiger partial charge in [0.05, 0.1) is 0 Å². The van der Waals surface area contributed by atoms with E-state index in [1.54, 1.807) is 28.9 Å². The van der Waals surface area contributed by atoms with Crippen LogP contribution in [0.2, 0.25) is 0 Å². The zero-order valence-electron chi connectivity index (χ0n) is 15.2. The Bertz CT molecular complexity index is 992. The summed E-state index contributed by atoms with van der Waals surface area (Å²) in [5, 5.41) is 14.7. The molecular weight excluding hydrogens is 350 g/mol. The number of nitrogens with zero attached hydrogens (tertiary/aromatic N) is 4. The minimum Gasteiger partial charge on any atom is -0.486 e. The molecule has 4 rings (SSSR count). The summed E-state index contributed by atoms with van der Waals surface area (Å²) < 4.78 is 18.4. The number of amides is 1. The first-order chi connectivity index (χ1) is 13.0. The topological polar surface area (TPSA) is 104 Å². The number of fused-ring (bicyclic) bond motifs is 1. The molecule has 0 bridgehead atoms. The van der Waals surface area contributed by atoms with Gasteiger partial charge in [0, 0.05) is 17.3 Å². The highest BCUT2D eigenvalue weighted by Gasteiger charge is 2.19. The lowest BCUT2D eigenvalue weighted by molar-refractivity contribution is 0.101. The molecule has 9 heteroatoms. The van der Waals surface area contributed by atoms with E-state index in [4.69, 9.17) is 13.9 Å². The average molecular weight is 369 g/mol. The summed E-state index contributed by atoms with van der Waals surface area (Å²) in [4.78, 5) is 12.4. The Labute approximate surface area is 155 Å². The third kappa shape index (κ3) is 3.35. The van der Waals surface area contributed by atoms with Crippen molar-refractivity contribution in [2.24, 2.45) is 0 Å². The lowest BCUT2D eigenvalue weighted by atomic mass is 10.2. The molecule has 0 saturated carbocycles. The number of benzene rings is 1. The van der Waals surface area contributed by atoms with Crippen LogP contribution in [0.15, 0.2) is 28.7 Å². The monoisotopic (exact) mass is 369 g/mol. The lowest BCUT2D eigenvalue weighted by Crippen LogP contribution is -2.15. The van der Waals surface area contributed by atoms with Gasteiger partial charge in [-0.3, -0.25) is 14.8 Å². The molecule has 0 unspecified atom stereocenters. The Balaban J connectivity index is 1.51. The van der Waals surface area contributed by atoms with E-state index in [1.165, 1.54) is 0 Å². The Morgan fingerprint density at radius 1 is 1.15 bits per heavy atom. The second kappa shape index (κ2) is 6.75. The molecule has 0 fully saturated rings. The summed E-state index contributed by atoms with van der Waals surface area (Å²) in [6.07, 6.45) is 0. The van der Waals surface area contributed by atoms with Gasteiger partial charge >= 0.3 is 6.01 Å². The van der Waals surface area contributed by atoms with E-state index in [1.807, 2.05) is 20.8 Å². The third-order valence-corrected chi connectivity index (χ3v) is 4.08. The summed E-state index contributed by atoms with van der Waals surface area (Å²) in [6, 6.07) is 7.22. The summed E-state index contributed by atoms with van der Waals surface area (Å²) in [5.74, 6) is 1.16. The normalized spacial score (nSPS) is 13.0. The molecule has 3 heterocycles. The predicted octanol–water partition coefficient (Wildman–Crippen LogP) is 2.85. The molecule has 0 radical (unpaired) electrons. The van der Waals surface area contributed by atoms with Gasteiger partial charge in [-0.1, -0.05) is 5.10 Å². The third-order valence-electron chi connectivity index (χ3n) is 4.08. The minimum absolute atomic E-state index is 0.00152. The van der Waals surface area contributed by atoms with Crippen molar-refractivity contribution in [2.45, 2.75) is 26.8 Å². The molecule has 0 saturated heterocycles. The number of anilines is 1. The van der Waals surface area contributed by atoms with E-state index in [2.05, 4.69) is 20.6 Å². The van der Waals surface area contributed by atoms with Crippen LogP contribution < -0.4 is 14.8 Å². The number of aryl methyl sites for hydroxylation is 1. The predicted molar refractivity (Wildman–Crippen MR) is 96.0 cm³/mol. The van der Waals surface area contributed by atoms with Crippen molar-refractivity contribution in [1.82, 2.24) is 20.0 Å². The molecule has 0 spiro atoms. The fourth-order valence-corrected chi connectivity index (χ4v) is 2.85. The van der Waals surface area contributed by atoms with Crippen LogP contribution in [-0.2, 0) is 0 Å². The van der Waals surface area contributed by atoms with Crippen LogP contribution in [-0.4, -0.2) is 39.1 Å². The molecule has 1 aliphatic heterocycles. The van der Waals surface area contributed by atoms with E-state index in [0.717, 1.165) is 5.69 Å². The SMILES string of the molecule is Cc1cc(C(=O)Nc2nnc(-c3ccc4c(c3)OCCO4)o2)nn1C(C)C. The van der Waals surface area contributed by atoms with Crippen molar-refractivity contribution in [3.05, 3.63) is 35.7 Å². The fourth-order valence-electron chi connectivity index (χ4n) is 2.85. The fraction of sp³-hybridized carbons (Fsp3) is 0.333. The van der Waals surface area contributed by atoms with Crippen molar-refractivity contribution in [3.63, 3.8) is 0 Å². The zero-order valence-corrected chi connectivity index (χ0v) is 15.2. The highest BCUT2D eigenvalue weighted by Crippen LogP contribution is 2.34. The molecular formula is C18H19N5O4. The van der Waals surface area contributed by atoms with Gasteiger partial charge in [-0.05, 0) is 45.0 Å². The summed E-state index contributed by atoms with van der Waals surface area (Å²) in [5.41, 5.74) is 1.87. The maximum absolute atomic E-state index is 12.4. The molecule has 1 amide bonds. The number of nitrogens with one attached hydrogen (secondary N) is 1. The van der Waals surface area contributed by atoms with E-state index < -0.39 is 5.91 Å². The van der Waals surface area contributed by atoms with Gasteiger partial charge in [0.1, 0.15) is 13.2 Å². The number of aromatic nitrogens is 4. The number of carbonyl (C=O) groups is 1. The maximum atomic E-state index is 12.4. The second-order valence-electron chi connectivity index (χ2n) is 6.43. The quantitative estimate of drug-likeness (QED) is 0.754. The molecule has 1 aromatic carbocycles. The maximum Gasteiger partial charge on any atom is 0.322 e. The first kappa shape index (κ1) is 17.1. The Morgan fingerprint density at radius 3 is 2.67 bits per heavy atom. The molecule has 1 aliphatic rings. The first-order valence-corrected chi connectivity index (χ1v) is 8.62. The van der Waals surface area contributed by atoms with E-state index in [0.29, 0.717) is 36.0 Å². The van der Waals surface area contributed by atoms with Crippen LogP contribution in [0.5, 0.6) is 11.5 Å². The van der Waals surface area contributed by atoms with Crippen molar-refractivity contribution in [3.8, 4) is 23.0 Å². The number of ether oxygens (including phenoxy) is 2. The van der Waals surface area contributed by atoms with Crippen molar-refractivity contribution < 1.29 is 18.7 Å². The highest BCUT2D eigenvalue weighted by molar-refractivity contribution is 6.01. The first-order valence-electron chi connectivity index (χ1n) is 8.62. The summed E-state index contributed by atoms with van der Waals surface area (Å²) >= 11 is 0. The van der Waals surface area contributed by atoms with Crippen molar-refractivity contribution in [1.29, 1.82) is 0 Å². The Kier molecular flexibility index (Phi) is 4.27. The van der Waals surface area contributed by atoms with Gasteiger partial charge in [0.25, 0.3) is 5.91 Å². The molecule has 27 heavy (non-hydrogen) atoms. The number of carbonyl (C=O) groups excluding carboxylic acids is 1. The smallest absolute Gasteiger partial charge is 0.322 e. The molecule has 0 atom stereocenters.